The van der Waals surface area contributed by atoms with E-state index in [2.05, 4.69) is 10.3 Å². The lowest BCUT2D eigenvalue weighted by molar-refractivity contribution is -0.115. The molecule has 5 nitrogen and oxygen atoms in total. The minimum absolute atomic E-state index is 0.140. The van der Waals surface area contributed by atoms with Gasteiger partial charge in [-0.15, -0.1) is 11.3 Å². The predicted molar refractivity (Wildman–Crippen MR) is 123 cm³/mol. The number of amides is 1. The van der Waals surface area contributed by atoms with Crippen molar-refractivity contribution in [1.29, 1.82) is 0 Å². The van der Waals surface area contributed by atoms with Crippen LogP contribution in [0.1, 0.15) is 47.5 Å². The molecule has 4 rings (SSSR count). The number of carbonyl (C=O) groups is 2. The predicted octanol–water partition coefficient (Wildman–Crippen LogP) is 5.47. The zero-order valence-electron chi connectivity index (χ0n) is 17.1. The van der Waals surface area contributed by atoms with E-state index >= 15 is 0 Å². The summed E-state index contributed by atoms with van der Waals surface area (Å²) < 4.78 is 5.27. The first-order chi connectivity index (χ1) is 14.6. The van der Waals surface area contributed by atoms with Crippen LogP contribution in [0, 0.1) is 0 Å². The smallest absolute Gasteiger partial charge is 0.341 e. The number of hydrogen-bond donors (Lipinski definition) is 1. The molecule has 1 amide bonds. The van der Waals surface area contributed by atoms with Gasteiger partial charge in [-0.05, 0) is 57.2 Å². The second-order valence-electron chi connectivity index (χ2n) is 7.23. The lowest BCUT2D eigenvalue weighted by Gasteiger charge is -2.13. The van der Waals surface area contributed by atoms with Gasteiger partial charge in [-0.25, -0.2) is 9.78 Å². The van der Waals surface area contributed by atoms with E-state index in [1.54, 1.807) is 6.92 Å². The highest BCUT2D eigenvalue weighted by atomic mass is 32.2. The first kappa shape index (κ1) is 20.9. The Labute approximate surface area is 184 Å². The van der Waals surface area contributed by atoms with Crippen LogP contribution in [-0.4, -0.2) is 28.7 Å². The third kappa shape index (κ3) is 4.37. The van der Waals surface area contributed by atoms with Gasteiger partial charge in [0.1, 0.15) is 5.00 Å². The van der Waals surface area contributed by atoms with E-state index < -0.39 is 0 Å². The highest BCUT2D eigenvalue weighted by molar-refractivity contribution is 8.00. The van der Waals surface area contributed by atoms with Gasteiger partial charge in [0.05, 0.1) is 28.0 Å². The van der Waals surface area contributed by atoms with Gasteiger partial charge >= 0.3 is 5.97 Å². The molecule has 0 fully saturated rings. The van der Waals surface area contributed by atoms with E-state index in [0.717, 1.165) is 47.2 Å². The number of benzene rings is 1. The molecule has 0 radical (unpaired) electrons. The second kappa shape index (κ2) is 9.18. The molecule has 0 bridgehead atoms. The summed E-state index contributed by atoms with van der Waals surface area (Å²) in [5.74, 6) is -0.484. The molecule has 0 saturated carbocycles. The van der Waals surface area contributed by atoms with Gasteiger partial charge in [0.25, 0.3) is 0 Å². The van der Waals surface area contributed by atoms with E-state index in [0.29, 0.717) is 17.2 Å². The van der Waals surface area contributed by atoms with Gasteiger partial charge in [-0.1, -0.05) is 36.0 Å². The Balaban J connectivity index is 1.52. The van der Waals surface area contributed by atoms with Crippen LogP contribution in [0.2, 0.25) is 0 Å². The number of para-hydroxylation sites is 1. The van der Waals surface area contributed by atoms with Gasteiger partial charge in [0.15, 0.2) is 0 Å². The van der Waals surface area contributed by atoms with Crippen LogP contribution in [0.4, 0.5) is 5.00 Å². The highest BCUT2D eigenvalue weighted by Crippen LogP contribution is 2.39. The molecular formula is C23H24N2O3S2. The minimum atomic E-state index is -0.354. The standard InChI is InChI=1S/C23H24N2O3S2/c1-3-28-23(27)20-16-9-5-7-11-18(16)30-22(20)25-21(26)14(2)29-19-13-12-15-8-4-6-10-17(15)24-19/h4,6,8,10,12-14H,3,5,7,9,11H2,1-2H3,(H,25,26). The number of esters is 1. The van der Waals surface area contributed by atoms with Crippen molar-refractivity contribution in [3.05, 3.63) is 52.4 Å². The molecule has 1 unspecified atom stereocenters. The third-order valence-corrected chi connectivity index (χ3v) is 7.37. The Morgan fingerprint density at radius 2 is 2.00 bits per heavy atom. The highest BCUT2D eigenvalue weighted by Gasteiger charge is 2.28. The van der Waals surface area contributed by atoms with Gasteiger partial charge in [-0.2, -0.15) is 0 Å². The first-order valence-corrected chi connectivity index (χ1v) is 11.9. The molecule has 7 heteroatoms. The van der Waals surface area contributed by atoms with Crippen LogP contribution >= 0.6 is 23.1 Å². The Morgan fingerprint density at radius 3 is 2.83 bits per heavy atom. The van der Waals surface area contributed by atoms with Gasteiger partial charge in [0, 0.05) is 10.3 Å². The SMILES string of the molecule is CCOC(=O)c1c(NC(=O)C(C)Sc2ccc3ccccc3n2)sc2c1CCCC2. The number of carbonyl (C=O) groups excluding carboxylic acids is 2. The van der Waals surface area contributed by atoms with Crippen molar-refractivity contribution in [2.75, 3.05) is 11.9 Å². The van der Waals surface area contributed by atoms with Gasteiger partial charge < -0.3 is 10.1 Å². The summed E-state index contributed by atoms with van der Waals surface area (Å²) in [6.45, 7) is 3.97. The summed E-state index contributed by atoms with van der Waals surface area (Å²) in [5.41, 5.74) is 2.51. The van der Waals surface area contributed by atoms with E-state index in [1.165, 1.54) is 28.0 Å². The Hall–Kier alpha value is -2.38. The van der Waals surface area contributed by atoms with Gasteiger partial charge in [0.2, 0.25) is 5.91 Å². The van der Waals surface area contributed by atoms with E-state index in [9.17, 15) is 9.59 Å². The molecule has 30 heavy (non-hydrogen) atoms. The molecule has 1 atom stereocenters. The van der Waals surface area contributed by atoms with Crippen molar-refractivity contribution in [2.45, 2.75) is 49.8 Å². The number of fused-ring (bicyclic) bond motifs is 2. The average molecular weight is 441 g/mol. The number of nitrogens with one attached hydrogen (secondary N) is 1. The number of hydrogen-bond acceptors (Lipinski definition) is 6. The summed E-state index contributed by atoms with van der Waals surface area (Å²) in [6.07, 6.45) is 3.99. The number of rotatable bonds is 6. The molecule has 1 N–H and O–H groups in total. The van der Waals surface area contributed by atoms with Crippen molar-refractivity contribution >= 4 is 50.9 Å². The molecule has 156 valence electrons. The maximum Gasteiger partial charge on any atom is 0.341 e. The molecule has 1 aromatic carbocycles. The quantitative estimate of drug-likeness (QED) is 0.407. The molecule has 2 heterocycles. The maximum atomic E-state index is 12.9. The topological polar surface area (TPSA) is 68.3 Å². The molecule has 1 aliphatic rings. The fourth-order valence-corrected chi connectivity index (χ4v) is 5.74. The number of anilines is 1. The van der Waals surface area contributed by atoms with Gasteiger partial charge in [-0.3, -0.25) is 4.79 Å². The molecule has 0 spiro atoms. The summed E-state index contributed by atoms with van der Waals surface area (Å²) >= 11 is 2.92. The summed E-state index contributed by atoms with van der Waals surface area (Å²) in [6, 6.07) is 11.9. The van der Waals surface area contributed by atoms with Crippen molar-refractivity contribution < 1.29 is 14.3 Å². The summed E-state index contributed by atoms with van der Waals surface area (Å²) in [4.78, 5) is 31.3. The van der Waals surface area contributed by atoms with Crippen LogP contribution in [0.15, 0.2) is 41.4 Å². The molecule has 2 aromatic heterocycles. The van der Waals surface area contributed by atoms with Crippen molar-refractivity contribution in [3.8, 4) is 0 Å². The van der Waals surface area contributed by atoms with Crippen LogP contribution < -0.4 is 5.32 Å². The fraction of sp³-hybridized carbons (Fsp3) is 0.348. The van der Waals surface area contributed by atoms with Crippen molar-refractivity contribution in [2.24, 2.45) is 0 Å². The lowest BCUT2D eigenvalue weighted by Crippen LogP contribution is -2.23. The lowest BCUT2D eigenvalue weighted by atomic mass is 9.95. The van der Waals surface area contributed by atoms with Crippen LogP contribution in [0.25, 0.3) is 10.9 Å². The fourth-order valence-electron chi connectivity index (χ4n) is 3.63. The Kier molecular flexibility index (Phi) is 6.39. The first-order valence-electron chi connectivity index (χ1n) is 10.2. The normalized spacial score (nSPS) is 14.2. The third-order valence-electron chi connectivity index (χ3n) is 5.13. The number of thioether (sulfide) groups is 1. The molecular weight excluding hydrogens is 416 g/mol. The number of aryl methyl sites for hydroxylation is 1. The summed E-state index contributed by atoms with van der Waals surface area (Å²) in [7, 11) is 0. The van der Waals surface area contributed by atoms with Crippen LogP contribution in [0.3, 0.4) is 0 Å². The Morgan fingerprint density at radius 1 is 1.20 bits per heavy atom. The molecule has 3 aromatic rings. The number of nitrogens with zero attached hydrogens (tertiary/aromatic N) is 1. The van der Waals surface area contributed by atoms with Crippen molar-refractivity contribution in [3.63, 3.8) is 0 Å². The van der Waals surface area contributed by atoms with E-state index in [-0.39, 0.29) is 17.1 Å². The van der Waals surface area contributed by atoms with E-state index in [4.69, 9.17) is 4.74 Å². The molecule has 0 aliphatic heterocycles. The minimum Gasteiger partial charge on any atom is -0.462 e. The monoisotopic (exact) mass is 440 g/mol. The maximum absolute atomic E-state index is 12.9. The molecule has 0 saturated heterocycles. The number of thiophene rings is 1. The van der Waals surface area contributed by atoms with Crippen LogP contribution in [-0.2, 0) is 22.4 Å². The molecule has 1 aliphatic carbocycles. The zero-order valence-corrected chi connectivity index (χ0v) is 18.7. The zero-order chi connectivity index (χ0) is 21.1. The largest absolute Gasteiger partial charge is 0.462 e. The summed E-state index contributed by atoms with van der Waals surface area (Å²) in [5, 5.41) is 5.13. The number of ether oxygens (including phenoxy) is 1. The number of aromatic nitrogens is 1. The Bertz CT molecular complexity index is 1090. The number of pyridine rings is 1. The van der Waals surface area contributed by atoms with E-state index in [1.807, 2.05) is 43.3 Å². The van der Waals surface area contributed by atoms with Crippen LogP contribution in [0.5, 0.6) is 0 Å². The second-order valence-corrected chi connectivity index (χ2v) is 9.69. The average Bonchev–Trinajstić information content (AvgIpc) is 3.11. The van der Waals surface area contributed by atoms with Crippen molar-refractivity contribution in [1.82, 2.24) is 4.98 Å².